The van der Waals surface area contributed by atoms with Crippen LogP contribution < -0.4 is 5.32 Å². The standard InChI is InChI=1S/C17H18ClN3/c1-13(9-14-5-3-2-4-6-14)19-10-16-12-21-11-15(18)7-8-17(21)20-16/h2-8,11-13,19H,9-10H2,1H3. The van der Waals surface area contributed by atoms with Gasteiger partial charge in [0.25, 0.3) is 0 Å². The van der Waals surface area contributed by atoms with Gasteiger partial charge in [0.1, 0.15) is 5.65 Å². The van der Waals surface area contributed by atoms with Crippen molar-refractivity contribution in [3.8, 4) is 0 Å². The molecule has 0 aliphatic rings. The van der Waals surface area contributed by atoms with Crippen LogP contribution in [0.1, 0.15) is 18.2 Å². The van der Waals surface area contributed by atoms with Gasteiger partial charge in [0.05, 0.1) is 10.7 Å². The van der Waals surface area contributed by atoms with Gasteiger partial charge in [0.15, 0.2) is 0 Å². The SMILES string of the molecule is CC(Cc1ccccc1)NCc1cn2cc(Cl)ccc2n1. The largest absolute Gasteiger partial charge is 0.308 e. The Morgan fingerprint density at radius 2 is 1.95 bits per heavy atom. The second-order valence-corrected chi connectivity index (χ2v) is 5.75. The number of nitrogens with zero attached hydrogens (tertiary/aromatic N) is 2. The van der Waals surface area contributed by atoms with Gasteiger partial charge in [0.2, 0.25) is 0 Å². The van der Waals surface area contributed by atoms with E-state index in [2.05, 4.69) is 41.5 Å². The van der Waals surface area contributed by atoms with Crippen LogP contribution in [-0.4, -0.2) is 15.4 Å². The third kappa shape index (κ3) is 3.63. The molecule has 3 aromatic rings. The highest BCUT2D eigenvalue weighted by molar-refractivity contribution is 6.30. The van der Waals surface area contributed by atoms with Crippen molar-refractivity contribution in [2.24, 2.45) is 0 Å². The molecular weight excluding hydrogens is 282 g/mol. The molecule has 0 aliphatic carbocycles. The number of halogens is 1. The van der Waals surface area contributed by atoms with Gasteiger partial charge in [-0.3, -0.25) is 0 Å². The predicted octanol–water partition coefficient (Wildman–Crippen LogP) is 3.71. The van der Waals surface area contributed by atoms with E-state index >= 15 is 0 Å². The third-order valence-corrected chi connectivity index (χ3v) is 3.70. The fourth-order valence-electron chi connectivity index (χ4n) is 2.42. The molecule has 4 heteroatoms. The number of hydrogen-bond acceptors (Lipinski definition) is 2. The highest BCUT2D eigenvalue weighted by atomic mass is 35.5. The maximum atomic E-state index is 5.98. The molecule has 0 amide bonds. The van der Waals surface area contributed by atoms with E-state index in [0.717, 1.165) is 29.3 Å². The van der Waals surface area contributed by atoms with Crippen molar-refractivity contribution in [3.63, 3.8) is 0 Å². The van der Waals surface area contributed by atoms with Crippen LogP contribution in [0.5, 0.6) is 0 Å². The van der Waals surface area contributed by atoms with E-state index < -0.39 is 0 Å². The normalized spacial score (nSPS) is 12.7. The molecule has 3 rings (SSSR count). The monoisotopic (exact) mass is 299 g/mol. The molecule has 0 aliphatic heterocycles. The van der Waals surface area contributed by atoms with Gasteiger partial charge in [0, 0.05) is 25.0 Å². The van der Waals surface area contributed by atoms with Gasteiger partial charge < -0.3 is 9.72 Å². The number of rotatable bonds is 5. The number of imidazole rings is 1. The van der Waals surface area contributed by atoms with Crippen molar-refractivity contribution in [1.29, 1.82) is 0 Å². The zero-order chi connectivity index (χ0) is 14.7. The quantitative estimate of drug-likeness (QED) is 0.778. The zero-order valence-corrected chi connectivity index (χ0v) is 12.7. The average Bonchev–Trinajstić information content (AvgIpc) is 2.88. The van der Waals surface area contributed by atoms with Crippen LogP contribution in [0.15, 0.2) is 54.9 Å². The van der Waals surface area contributed by atoms with E-state index in [-0.39, 0.29) is 0 Å². The number of hydrogen-bond donors (Lipinski definition) is 1. The lowest BCUT2D eigenvalue weighted by Gasteiger charge is -2.12. The molecule has 1 aromatic carbocycles. The molecule has 0 saturated heterocycles. The Hall–Kier alpha value is -1.84. The van der Waals surface area contributed by atoms with Crippen molar-refractivity contribution in [3.05, 3.63) is 71.1 Å². The first-order valence-electron chi connectivity index (χ1n) is 7.11. The second kappa shape index (κ2) is 6.29. The van der Waals surface area contributed by atoms with Crippen LogP contribution in [0.4, 0.5) is 0 Å². The predicted molar refractivity (Wildman–Crippen MR) is 86.6 cm³/mol. The molecule has 21 heavy (non-hydrogen) atoms. The molecule has 1 atom stereocenters. The first kappa shape index (κ1) is 14.1. The number of aromatic nitrogens is 2. The van der Waals surface area contributed by atoms with Gasteiger partial charge in [-0.2, -0.15) is 0 Å². The topological polar surface area (TPSA) is 29.3 Å². The lowest BCUT2D eigenvalue weighted by Crippen LogP contribution is -2.27. The van der Waals surface area contributed by atoms with Gasteiger partial charge in [-0.1, -0.05) is 41.9 Å². The van der Waals surface area contributed by atoms with E-state index in [0.29, 0.717) is 6.04 Å². The highest BCUT2D eigenvalue weighted by Crippen LogP contribution is 2.12. The lowest BCUT2D eigenvalue weighted by molar-refractivity contribution is 0.541. The maximum Gasteiger partial charge on any atom is 0.137 e. The summed E-state index contributed by atoms with van der Waals surface area (Å²) in [4.78, 5) is 4.57. The van der Waals surface area contributed by atoms with Gasteiger partial charge in [-0.15, -0.1) is 0 Å². The molecule has 0 saturated carbocycles. The second-order valence-electron chi connectivity index (χ2n) is 5.32. The van der Waals surface area contributed by atoms with E-state index in [1.165, 1.54) is 5.56 Å². The van der Waals surface area contributed by atoms with Crippen molar-refractivity contribution >= 4 is 17.2 Å². The molecule has 0 fully saturated rings. The molecule has 1 unspecified atom stereocenters. The molecular formula is C17H18ClN3. The van der Waals surface area contributed by atoms with E-state index in [1.54, 1.807) is 0 Å². The molecule has 2 heterocycles. The molecule has 0 spiro atoms. The summed E-state index contributed by atoms with van der Waals surface area (Å²) >= 11 is 5.98. The summed E-state index contributed by atoms with van der Waals surface area (Å²) in [6.07, 6.45) is 4.91. The molecule has 2 aromatic heterocycles. The highest BCUT2D eigenvalue weighted by Gasteiger charge is 2.06. The Morgan fingerprint density at radius 1 is 1.14 bits per heavy atom. The van der Waals surface area contributed by atoms with Crippen molar-refractivity contribution < 1.29 is 0 Å². The number of fused-ring (bicyclic) bond motifs is 1. The molecule has 0 radical (unpaired) electrons. The third-order valence-electron chi connectivity index (χ3n) is 3.48. The Kier molecular flexibility index (Phi) is 4.23. The van der Waals surface area contributed by atoms with Crippen molar-refractivity contribution in [2.75, 3.05) is 0 Å². The Bertz CT molecular complexity index is 721. The van der Waals surface area contributed by atoms with Crippen LogP contribution in [0.2, 0.25) is 5.02 Å². The van der Waals surface area contributed by atoms with Crippen molar-refractivity contribution in [2.45, 2.75) is 25.9 Å². The Morgan fingerprint density at radius 3 is 2.76 bits per heavy atom. The van der Waals surface area contributed by atoms with Crippen LogP contribution >= 0.6 is 11.6 Å². The first-order chi connectivity index (χ1) is 10.2. The van der Waals surface area contributed by atoms with Crippen LogP contribution in [0, 0.1) is 0 Å². The Labute approximate surface area is 129 Å². The number of nitrogens with one attached hydrogen (secondary N) is 1. The zero-order valence-electron chi connectivity index (χ0n) is 12.0. The minimum atomic E-state index is 0.404. The van der Waals surface area contributed by atoms with E-state index in [1.807, 2.05) is 35.0 Å². The summed E-state index contributed by atoms with van der Waals surface area (Å²) in [5, 5.41) is 4.23. The van der Waals surface area contributed by atoms with Gasteiger partial charge in [-0.25, -0.2) is 4.98 Å². The summed E-state index contributed by atoms with van der Waals surface area (Å²) in [6, 6.07) is 14.7. The van der Waals surface area contributed by atoms with Gasteiger partial charge in [-0.05, 0) is 31.0 Å². The van der Waals surface area contributed by atoms with Crippen LogP contribution in [0.25, 0.3) is 5.65 Å². The summed E-state index contributed by atoms with van der Waals surface area (Å²) in [5.41, 5.74) is 3.29. The summed E-state index contributed by atoms with van der Waals surface area (Å²) < 4.78 is 1.96. The first-order valence-corrected chi connectivity index (χ1v) is 7.49. The van der Waals surface area contributed by atoms with E-state index in [9.17, 15) is 0 Å². The van der Waals surface area contributed by atoms with Crippen molar-refractivity contribution in [1.82, 2.24) is 14.7 Å². The number of pyridine rings is 1. The van der Waals surface area contributed by atoms with Crippen LogP contribution in [-0.2, 0) is 13.0 Å². The number of benzene rings is 1. The minimum absolute atomic E-state index is 0.404. The summed E-state index contributed by atoms with van der Waals surface area (Å²) in [6.45, 7) is 2.95. The maximum absolute atomic E-state index is 5.98. The van der Waals surface area contributed by atoms with Gasteiger partial charge >= 0.3 is 0 Å². The smallest absolute Gasteiger partial charge is 0.137 e. The fourth-order valence-corrected chi connectivity index (χ4v) is 2.59. The molecule has 3 nitrogen and oxygen atoms in total. The summed E-state index contributed by atoms with van der Waals surface area (Å²) in [5.74, 6) is 0. The summed E-state index contributed by atoms with van der Waals surface area (Å²) in [7, 11) is 0. The lowest BCUT2D eigenvalue weighted by atomic mass is 10.1. The van der Waals surface area contributed by atoms with E-state index in [4.69, 9.17) is 11.6 Å². The Balaban J connectivity index is 1.60. The minimum Gasteiger partial charge on any atom is -0.308 e. The fraction of sp³-hybridized carbons (Fsp3) is 0.235. The molecule has 0 bridgehead atoms. The average molecular weight is 300 g/mol. The van der Waals surface area contributed by atoms with Crippen LogP contribution in [0.3, 0.4) is 0 Å². The molecule has 108 valence electrons. The molecule has 1 N–H and O–H groups in total.